The van der Waals surface area contributed by atoms with Crippen LogP contribution in [0.4, 0.5) is 18.0 Å². The Morgan fingerprint density at radius 2 is 1.91 bits per heavy atom. The Bertz CT molecular complexity index is 1090. The number of alkyl halides is 3. The molecule has 1 aliphatic heterocycles. The van der Waals surface area contributed by atoms with E-state index >= 15 is 0 Å². The molecule has 0 saturated carbocycles. The van der Waals surface area contributed by atoms with E-state index in [1.807, 2.05) is 0 Å². The number of carbonyl (C=O) groups excluding carboxylic acids is 3. The molecule has 0 bridgehead atoms. The number of aryl methyl sites for hydroxylation is 1. The zero-order valence-corrected chi connectivity index (χ0v) is 17.7. The number of nitrogens with one attached hydrogen (secondary N) is 2. The SMILES string of the molecule is CCOC(=O)C1=C(COC(=O)Cc2cccc(C(F)(F)F)c2)NC(=O)N[C@@H]1c1ccc(C)o1. The molecule has 33 heavy (non-hydrogen) atoms. The molecule has 3 rings (SSSR count). The van der Waals surface area contributed by atoms with E-state index < -0.39 is 48.8 Å². The number of ether oxygens (including phenoxy) is 2. The van der Waals surface area contributed by atoms with Gasteiger partial charge in [-0.25, -0.2) is 9.59 Å². The molecule has 1 aliphatic rings. The molecule has 1 aromatic heterocycles. The lowest BCUT2D eigenvalue weighted by atomic mass is 10.0. The molecule has 8 nitrogen and oxygen atoms in total. The average molecular weight is 466 g/mol. The lowest BCUT2D eigenvalue weighted by Crippen LogP contribution is -2.47. The molecule has 0 aliphatic carbocycles. The standard InChI is InChI=1S/C22H21F3N2O6/c1-3-31-20(29)18-15(26-21(30)27-19(18)16-8-7-12(2)33-16)11-32-17(28)10-13-5-4-6-14(9-13)22(23,24)25/h4-9,19H,3,10-11H2,1-2H3,(H2,26,27,30)/t19-/m1/s1. The van der Waals surface area contributed by atoms with Crippen LogP contribution in [0.15, 0.2) is 52.1 Å². The maximum absolute atomic E-state index is 12.9. The van der Waals surface area contributed by atoms with Crippen molar-refractivity contribution in [3.05, 3.63) is 70.3 Å². The second-order valence-corrected chi connectivity index (χ2v) is 7.13. The number of hydrogen-bond acceptors (Lipinski definition) is 6. The van der Waals surface area contributed by atoms with Crippen molar-refractivity contribution in [2.75, 3.05) is 13.2 Å². The summed E-state index contributed by atoms with van der Waals surface area (Å²) in [6.45, 7) is 2.85. The summed E-state index contributed by atoms with van der Waals surface area (Å²) in [6, 6.07) is 5.90. The van der Waals surface area contributed by atoms with Crippen molar-refractivity contribution in [3.8, 4) is 0 Å². The van der Waals surface area contributed by atoms with Crippen LogP contribution in [0.1, 0.15) is 35.6 Å². The van der Waals surface area contributed by atoms with Gasteiger partial charge in [0, 0.05) is 0 Å². The van der Waals surface area contributed by atoms with Crippen LogP contribution in [0.25, 0.3) is 0 Å². The van der Waals surface area contributed by atoms with E-state index in [9.17, 15) is 27.6 Å². The van der Waals surface area contributed by atoms with Crippen LogP contribution < -0.4 is 10.6 Å². The lowest BCUT2D eigenvalue weighted by molar-refractivity contribution is -0.143. The van der Waals surface area contributed by atoms with Crippen LogP contribution >= 0.6 is 0 Å². The van der Waals surface area contributed by atoms with E-state index in [4.69, 9.17) is 13.9 Å². The Morgan fingerprint density at radius 3 is 2.55 bits per heavy atom. The van der Waals surface area contributed by atoms with E-state index in [0.717, 1.165) is 12.1 Å². The minimum absolute atomic E-state index is 0.0160. The lowest BCUT2D eigenvalue weighted by Gasteiger charge is -2.27. The summed E-state index contributed by atoms with van der Waals surface area (Å²) in [4.78, 5) is 37.0. The fourth-order valence-electron chi connectivity index (χ4n) is 3.23. The van der Waals surface area contributed by atoms with E-state index in [0.29, 0.717) is 5.76 Å². The molecule has 2 N–H and O–H groups in total. The molecule has 11 heteroatoms. The highest BCUT2D eigenvalue weighted by Gasteiger charge is 2.36. The first-order chi connectivity index (χ1) is 15.6. The van der Waals surface area contributed by atoms with Gasteiger partial charge < -0.3 is 24.5 Å². The minimum Gasteiger partial charge on any atom is -0.464 e. The number of esters is 2. The van der Waals surface area contributed by atoms with Crippen molar-refractivity contribution < 1.29 is 41.4 Å². The van der Waals surface area contributed by atoms with Gasteiger partial charge in [-0.15, -0.1) is 0 Å². The Morgan fingerprint density at radius 1 is 1.15 bits per heavy atom. The first-order valence-corrected chi connectivity index (χ1v) is 9.94. The van der Waals surface area contributed by atoms with Crippen LogP contribution in [0.3, 0.4) is 0 Å². The van der Waals surface area contributed by atoms with Gasteiger partial charge in [-0.1, -0.05) is 18.2 Å². The Balaban J connectivity index is 1.80. The van der Waals surface area contributed by atoms with Gasteiger partial charge in [0.1, 0.15) is 24.2 Å². The Labute approximate surface area is 186 Å². The summed E-state index contributed by atoms with van der Waals surface area (Å²) in [7, 11) is 0. The molecule has 0 radical (unpaired) electrons. The molecule has 2 amide bonds. The number of rotatable bonds is 7. The number of amides is 2. The third kappa shape index (κ3) is 5.93. The molecule has 1 atom stereocenters. The Kier molecular flexibility index (Phi) is 7.10. The van der Waals surface area contributed by atoms with Gasteiger partial charge in [0.15, 0.2) is 0 Å². The highest BCUT2D eigenvalue weighted by Crippen LogP contribution is 2.30. The van der Waals surface area contributed by atoms with Crippen molar-refractivity contribution in [2.24, 2.45) is 0 Å². The second kappa shape index (κ2) is 9.80. The molecule has 0 unspecified atom stereocenters. The van der Waals surface area contributed by atoms with Crippen LogP contribution in [0, 0.1) is 6.92 Å². The second-order valence-electron chi connectivity index (χ2n) is 7.13. The van der Waals surface area contributed by atoms with Crippen molar-refractivity contribution in [3.63, 3.8) is 0 Å². The van der Waals surface area contributed by atoms with Gasteiger partial charge >= 0.3 is 24.1 Å². The largest absolute Gasteiger partial charge is 0.464 e. The molecular formula is C22H21F3N2O6. The van der Waals surface area contributed by atoms with Crippen molar-refractivity contribution in [2.45, 2.75) is 32.5 Å². The zero-order valence-electron chi connectivity index (χ0n) is 17.7. The number of halogens is 3. The van der Waals surface area contributed by atoms with Gasteiger partial charge in [0.2, 0.25) is 0 Å². The van der Waals surface area contributed by atoms with Crippen LogP contribution in [0.5, 0.6) is 0 Å². The molecule has 0 spiro atoms. The minimum atomic E-state index is -4.54. The first kappa shape index (κ1) is 23.9. The van der Waals surface area contributed by atoms with Crippen molar-refractivity contribution >= 4 is 18.0 Å². The third-order valence-corrected chi connectivity index (χ3v) is 4.67. The van der Waals surface area contributed by atoms with E-state index in [2.05, 4.69) is 10.6 Å². The first-order valence-electron chi connectivity index (χ1n) is 9.94. The number of hydrogen-bond donors (Lipinski definition) is 2. The summed E-state index contributed by atoms with van der Waals surface area (Å²) in [5, 5.41) is 4.99. The van der Waals surface area contributed by atoms with Gasteiger partial charge in [0.25, 0.3) is 0 Å². The summed E-state index contributed by atoms with van der Waals surface area (Å²) >= 11 is 0. The third-order valence-electron chi connectivity index (χ3n) is 4.67. The quantitative estimate of drug-likeness (QED) is 0.605. The predicted octanol–water partition coefficient (Wildman–Crippen LogP) is 3.56. The fraction of sp³-hybridized carbons (Fsp3) is 0.318. The van der Waals surface area contributed by atoms with Crippen molar-refractivity contribution in [1.29, 1.82) is 0 Å². The number of furan rings is 1. The van der Waals surface area contributed by atoms with Gasteiger partial charge in [-0.3, -0.25) is 4.79 Å². The zero-order chi connectivity index (χ0) is 24.2. The maximum Gasteiger partial charge on any atom is 0.416 e. The monoisotopic (exact) mass is 466 g/mol. The van der Waals surface area contributed by atoms with E-state index in [1.165, 1.54) is 12.1 Å². The van der Waals surface area contributed by atoms with Gasteiger partial charge in [-0.2, -0.15) is 13.2 Å². The summed E-state index contributed by atoms with van der Waals surface area (Å²) < 4.78 is 54.4. The predicted molar refractivity (Wildman–Crippen MR) is 108 cm³/mol. The highest BCUT2D eigenvalue weighted by atomic mass is 19.4. The topological polar surface area (TPSA) is 107 Å². The number of urea groups is 1. The Hall–Kier alpha value is -3.76. The van der Waals surface area contributed by atoms with Crippen molar-refractivity contribution in [1.82, 2.24) is 10.6 Å². The summed E-state index contributed by atoms with van der Waals surface area (Å²) in [5.74, 6) is -0.774. The van der Waals surface area contributed by atoms with Gasteiger partial charge in [-0.05, 0) is 37.6 Å². The molecule has 2 heterocycles. The normalized spacial score (nSPS) is 16.2. The highest BCUT2D eigenvalue weighted by molar-refractivity contribution is 5.95. The van der Waals surface area contributed by atoms with E-state index in [1.54, 1.807) is 26.0 Å². The van der Waals surface area contributed by atoms with Gasteiger partial charge in [0.05, 0.1) is 29.9 Å². The molecular weight excluding hydrogens is 445 g/mol. The smallest absolute Gasteiger partial charge is 0.416 e. The molecule has 176 valence electrons. The molecule has 2 aromatic rings. The number of carbonyl (C=O) groups is 3. The van der Waals surface area contributed by atoms with Crippen LogP contribution in [-0.4, -0.2) is 31.2 Å². The average Bonchev–Trinajstić information content (AvgIpc) is 3.17. The maximum atomic E-state index is 12.9. The van der Waals surface area contributed by atoms with Crippen LogP contribution in [0.2, 0.25) is 0 Å². The number of benzene rings is 1. The van der Waals surface area contributed by atoms with E-state index in [-0.39, 0.29) is 29.2 Å². The molecule has 0 saturated heterocycles. The summed E-state index contributed by atoms with van der Waals surface area (Å²) in [6.07, 6.45) is -4.98. The fourth-order valence-corrected chi connectivity index (χ4v) is 3.23. The molecule has 1 aromatic carbocycles. The molecule has 0 fully saturated rings. The summed E-state index contributed by atoms with van der Waals surface area (Å²) in [5.41, 5.74) is -0.818. The van der Waals surface area contributed by atoms with Crippen LogP contribution in [-0.2, 0) is 31.7 Å².